The first-order chi connectivity index (χ1) is 16.0. The van der Waals surface area contributed by atoms with Crippen molar-refractivity contribution < 1.29 is 14.3 Å². The van der Waals surface area contributed by atoms with Crippen molar-refractivity contribution in [3.63, 3.8) is 0 Å². The lowest BCUT2D eigenvalue weighted by Crippen LogP contribution is -2.51. The minimum Gasteiger partial charge on any atom is -0.444 e. The fourth-order valence-corrected chi connectivity index (χ4v) is 3.14. The molecule has 0 aliphatic carbocycles. The number of alkyl carbamates (subject to hydrolysis) is 1. The van der Waals surface area contributed by atoms with Gasteiger partial charge in [0.2, 0.25) is 5.91 Å². The Kier molecular flexibility index (Phi) is 7.50. The summed E-state index contributed by atoms with van der Waals surface area (Å²) in [7, 11) is 0. The monoisotopic (exact) mass is 461 g/mol. The number of aromatic nitrogens is 3. The molecule has 178 valence electrons. The van der Waals surface area contributed by atoms with Crippen LogP contribution in [0.4, 0.5) is 4.79 Å². The summed E-state index contributed by atoms with van der Waals surface area (Å²) in [5.41, 5.74) is 1.98. The summed E-state index contributed by atoms with van der Waals surface area (Å²) in [5.74, 6) is -0.291. The maximum Gasteiger partial charge on any atom is 0.407 e. The Labute approximate surface area is 200 Å². The number of benzene rings is 1. The van der Waals surface area contributed by atoms with Gasteiger partial charge in [-0.25, -0.2) is 9.48 Å². The Morgan fingerprint density at radius 1 is 1.06 bits per heavy atom. The molecule has 0 aliphatic heterocycles. The summed E-state index contributed by atoms with van der Waals surface area (Å²) in [6.45, 7) is 9.25. The Morgan fingerprint density at radius 3 is 2.44 bits per heavy atom. The van der Waals surface area contributed by atoms with Gasteiger partial charge in [-0.2, -0.15) is 5.10 Å². The van der Waals surface area contributed by atoms with Gasteiger partial charge < -0.3 is 15.4 Å². The number of para-hydroxylation sites is 1. The van der Waals surface area contributed by atoms with E-state index in [1.165, 1.54) is 6.08 Å². The molecule has 2 aromatic heterocycles. The zero-order chi connectivity index (χ0) is 24.8. The number of nitrogens with one attached hydrogen (secondary N) is 2. The summed E-state index contributed by atoms with van der Waals surface area (Å²) in [6.07, 6.45) is 7.97. The quantitative estimate of drug-likeness (QED) is 0.509. The van der Waals surface area contributed by atoms with Gasteiger partial charge in [-0.05, 0) is 65.0 Å². The predicted molar refractivity (Wildman–Crippen MR) is 132 cm³/mol. The summed E-state index contributed by atoms with van der Waals surface area (Å²) < 4.78 is 7.02. The molecular formula is C26H31N5O3. The van der Waals surface area contributed by atoms with Crippen molar-refractivity contribution in [1.29, 1.82) is 0 Å². The molecule has 0 fully saturated rings. The first-order valence-electron chi connectivity index (χ1n) is 11.0. The van der Waals surface area contributed by atoms with Crippen molar-refractivity contribution in [2.24, 2.45) is 0 Å². The third kappa shape index (κ3) is 7.30. The van der Waals surface area contributed by atoms with Crippen molar-refractivity contribution in [1.82, 2.24) is 25.4 Å². The Morgan fingerprint density at radius 2 is 1.79 bits per heavy atom. The highest BCUT2D eigenvalue weighted by Crippen LogP contribution is 2.24. The minimum atomic E-state index is -0.682. The lowest BCUT2D eigenvalue weighted by atomic mass is 10.1. The Bertz CT molecular complexity index is 1150. The van der Waals surface area contributed by atoms with Gasteiger partial charge in [-0.1, -0.05) is 18.2 Å². The normalized spacial score (nSPS) is 11.9. The molecule has 0 atom stereocenters. The molecule has 0 saturated heterocycles. The van der Waals surface area contributed by atoms with Crippen LogP contribution in [0.5, 0.6) is 0 Å². The molecular weight excluding hydrogens is 430 g/mol. The minimum absolute atomic E-state index is 0.217. The Balaban J connectivity index is 1.73. The number of carbonyl (C=O) groups is 2. The molecule has 0 saturated carbocycles. The predicted octanol–water partition coefficient (Wildman–Crippen LogP) is 4.37. The molecule has 3 rings (SSSR count). The third-order valence-corrected chi connectivity index (χ3v) is 4.65. The van der Waals surface area contributed by atoms with E-state index < -0.39 is 17.2 Å². The van der Waals surface area contributed by atoms with Gasteiger partial charge in [0.15, 0.2) is 0 Å². The third-order valence-electron chi connectivity index (χ3n) is 4.65. The molecule has 8 nitrogen and oxygen atoms in total. The zero-order valence-corrected chi connectivity index (χ0v) is 20.2. The van der Waals surface area contributed by atoms with Crippen LogP contribution in [0.2, 0.25) is 0 Å². The van der Waals surface area contributed by atoms with Crippen LogP contribution in [0, 0.1) is 0 Å². The fraction of sp³-hybridized carbons (Fsp3) is 0.308. The number of hydrogen-bond acceptors (Lipinski definition) is 5. The van der Waals surface area contributed by atoms with Crippen LogP contribution >= 0.6 is 0 Å². The van der Waals surface area contributed by atoms with Gasteiger partial charge in [0, 0.05) is 42.3 Å². The summed E-state index contributed by atoms with van der Waals surface area (Å²) in [4.78, 5) is 28.8. The first-order valence-corrected chi connectivity index (χ1v) is 11.0. The molecule has 34 heavy (non-hydrogen) atoms. The van der Waals surface area contributed by atoms with E-state index in [0.29, 0.717) is 5.69 Å². The number of ether oxygens (including phenoxy) is 1. The van der Waals surface area contributed by atoms with Crippen LogP contribution in [-0.4, -0.2) is 44.4 Å². The Hall–Kier alpha value is -3.94. The molecule has 1 aromatic carbocycles. The van der Waals surface area contributed by atoms with E-state index in [4.69, 9.17) is 9.84 Å². The van der Waals surface area contributed by atoms with Gasteiger partial charge in [0.1, 0.15) is 11.3 Å². The average Bonchev–Trinajstić information content (AvgIpc) is 3.21. The van der Waals surface area contributed by atoms with Crippen molar-refractivity contribution in [3.8, 4) is 16.9 Å². The molecule has 3 aromatic rings. The van der Waals surface area contributed by atoms with E-state index >= 15 is 0 Å². The van der Waals surface area contributed by atoms with Gasteiger partial charge in [0.25, 0.3) is 0 Å². The van der Waals surface area contributed by atoms with Crippen LogP contribution in [0.15, 0.2) is 67.1 Å². The largest absolute Gasteiger partial charge is 0.444 e. The molecule has 2 heterocycles. The molecule has 0 spiro atoms. The van der Waals surface area contributed by atoms with E-state index in [0.717, 1.165) is 16.8 Å². The average molecular weight is 462 g/mol. The van der Waals surface area contributed by atoms with Crippen LogP contribution in [0.3, 0.4) is 0 Å². The SMILES string of the molecule is CC(C)(CNC(=O)OC(C)(C)C)NC(=O)C=Cc1cn(-c2ccccc2)nc1-c1cccnc1. The summed E-state index contributed by atoms with van der Waals surface area (Å²) in [6, 6.07) is 13.5. The smallest absolute Gasteiger partial charge is 0.407 e. The lowest BCUT2D eigenvalue weighted by molar-refractivity contribution is -0.117. The molecule has 8 heteroatoms. The van der Waals surface area contributed by atoms with E-state index in [-0.39, 0.29) is 12.5 Å². The maximum atomic E-state index is 12.6. The van der Waals surface area contributed by atoms with E-state index in [2.05, 4.69) is 15.6 Å². The number of carbonyl (C=O) groups excluding carboxylic acids is 2. The standard InChI is InChI=1S/C26H31N5O3/c1-25(2,3)34-24(33)28-18-26(4,5)29-22(32)14-13-20-17-31(21-11-7-6-8-12-21)30-23(20)19-10-9-15-27-16-19/h6-17H,18H2,1-5H3,(H,28,33)(H,29,32). The number of pyridine rings is 1. The second-order valence-electron chi connectivity index (χ2n) is 9.52. The van der Waals surface area contributed by atoms with Crippen LogP contribution in [0.25, 0.3) is 23.0 Å². The molecule has 2 N–H and O–H groups in total. The van der Waals surface area contributed by atoms with Crippen molar-refractivity contribution in [3.05, 3.63) is 72.7 Å². The topological polar surface area (TPSA) is 98.1 Å². The number of rotatable bonds is 7. The highest BCUT2D eigenvalue weighted by Gasteiger charge is 2.23. The number of amides is 2. The zero-order valence-electron chi connectivity index (χ0n) is 20.2. The van der Waals surface area contributed by atoms with Gasteiger partial charge in [-0.15, -0.1) is 0 Å². The second-order valence-corrected chi connectivity index (χ2v) is 9.52. The molecule has 0 radical (unpaired) electrons. The van der Waals surface area contributed by atoms with Crippen LogP contribution in [0.1, 0.15) is 40.2 Å². The maximum absolute atomic E-state index is 12.6. The number of hydrogen-bond donors (Lipinski definition) is 2. The first kappa shape index (κ1) is 24.7. The van der Waals surface area contributed by atoms with Crippen LogP contribution in [-0.2, 0) is 9.53 Å². The second kappa shape index (κ2) is 10.3. The fourth-order valence-electron chi connectivity index (χ4n) is 3.14. The van der Waals surface area contributed by atoms with Crippen molar-refractivity contribution in [2.45, 2.75) is 45.8 Å². The molecule has 2 amide bonds. The van der Waals surface area contributed by atoms with Crippen molar-refractivity contribution in [2.75, 3.05) is 6.54 Å². The highest BCUT2D eigenvalue weighted by atomic mass is 16.6. The lowest BCUT2D eigenvalue weighted by Gasteiger charge is -2.27. The summed E-state index contributed by atoms with van der Waals surface area (Å²) in [5, 5.41) is 10.3. The molecule has 0 aliphatic rings. The number of nitrogens with zero attached hydrogens (tertiary/aromatic N) is 3. The highest BCUT2D eigenvalue weighted by molar-refractivity contribution is 5.93. The van der Waals surface area contributed by atoms with Gasteiger partial charge >= 0.3 is 6.09 Å². The van der Waals surface area contributed by atoms with E-state index in [1.807, 2.05) is 62.5 Å². The van der Waals surface area contributed by atoms with Crippen LogP contribution < -0.4 is 10.6 Å². The molecule has 0 bridgehead atoms. The van der Waals surface area contributed by atoms with E-state index in [9.17, 15) is 9.59 Å². The van der Waals surface area contributed by atoms with Crippen molar-refractivity contribution >= 4 is 18.1 Å². The van der Waals surface area contributed by atoms with Gasteiger partial charge in [0.05, 0.1) is 11.2 Å². The summed E-state index contributed by atoms with van der Waals surface area (Å²) >= 11 is 0. The van der Waals surface area contributed by atoms with E-state index in [1.54, 1.807) is 43.9 Å². The molecule has 0 unspecified atom stereocenters. The van der Waals surface area contributed by atoms with Gasteiger partial charge in [-0.3, -0.25) is 9.78 Å².